The number of hydrogen-bond acceptors (Lipinski definition) is 5. The van der Waals surface area contributed by atoms with Crippen LogP contribution < -0.4 is 0 Å². The molecule has 0 aromatic rings. The van der Waals surface area contributed by atoms with Crippen molar-refractivity contribution in [3.05, 3.63) is 0 Å². The molecule has 0 spiro atoms. The Morgan fingerprint density at radius 2 is 2.11 bits per heavy atom. The molecule has 0 amide bonds. The molecule has 0 aromatic carbocycles. The van der Waals surface area contributed by atoms with E-state index in [-0.39, 0.29) is 30.8 Å². The van der Waals surface area contributed by atoms with Crippen LogP contribution in [0.1, 0.15) is 34.6 Å². The minimum Gasteiger partial charge on any atom is -0.459 e. The molecule has 1 unspecified atom stereocenters. The fourth-order valence-electron chi connectivity index (χ4n) is 2.19. The topological polar surface area (TPSA) is 59.0 Å². The summed E-state index contributed by atoms with van der Waals surface area (Å²) in [6.45, 7) is 10.9. The molecule has 1 N–H and O–H groups in total. The van der Waals surface area contributed by atoms with E-state index in [9.17, 15) is 9.90 Å². The van der Waals surface area contributed by atoms with Gasteiger partial charge in [0.15, 0.2) is 0 Å². The van der Waals surface area contributed by atoms with Crippen molar-refractivity contribution in [2.45, 2.75) is 51.9 Å². The fourth-order valence-corrected chi connectivity index (χ4v) is 2.19. The van der Waals surface area contributed by atoms with Gasteiger partial charge in [0.25, 0.3) is 0 Å². The van der Waals surface area contributed by atoms with Gasteiger partial charge in [-0.3, -0.25) is 9.69 Å². The second-order valence-corrected chi connectivity index (χ2v) is 6.44. The first-order valence-corrected chi connectivity index (χ1v) is 6.34. The first-order valence-electron chi connectivity index (χ1n) is 6.34. The number of carbonyl (C=O) groups is 1. The van der Waals surface area contributed by atoms with Crippen LogP contribution in [0.2, 0.25) is 0 Å². The second kappa shape index (κ2) is 5.55. The molecule has 5 nitrogen and oxygen atoms in total. The predicted octanol–water partition coefficient (Wildman–Crippen LogP) is 0.800. The van der Waals surface area contributed by atoms with Crippen molar-refractivity contribution in [2.24, 2.45) is 0 Å². The SMILES string of the molecule is CC(C)(C)OC(=O)CN1CC(CO)OC(C)(C)C1. The molecule has 1 aliphatic heterocycles. The Hall–Kier alpha value is -0.650. The molecule has 1 rings (SSSR count). The van der Waals surface area contributed by atoms with E-state index < -0.39 is 5.60 Å². The largest absolute Gasteiger partial charge is 0.459 e. The summed E-state index contributed by atoms with van der Waals surface area (Å²) in [4.78, 5) is 13.7. The van der Waals surface area contributed by atoms with Crippen LogP contribution >= 0.6 is 0 Å². The molecule has 0 aromatic heterocycles. The van der Waals surface area contributed by atoms with E-state index in [0.717, 1.165) is 0 Å². The Kier molecular flexibility index (Phi) is 4.75. The van der Waals surface area contributed by atoms with Gasteiger partial charge in [0, 0.05) is 13.1 Å². The number of ether oxygens (including phenoxy) is 2. The van der Waals surface area contributed by atoms with Crippen molar-refractivity contribution in [1.29, 1.82) is 0 Å². The summed E-state index contributed by atoms with van der Waals surface area (Å²) >= 11 is 0. The monoisotopic (exact) mass is 259 g/mol. The molecular weight excluding hydrogens is 234 g/mol. The molecule has 1 atom stereocenters. The molecule has 0 radical (unpaired) electrons. The number of rotatable bonds is 3. The number of aliphatic hydroxyl groups is 1. The van der Waals surface area contributed by atoms with Crippen molar-refractivity contribution in [3.8, 4) is 0 Å². The van der Waals surface area contributed by atoms with Crippen molar-refractivity contribution < 1.29 is 19.4 Å². The summed E-state index contributed by atoms with van der Waals surface area (Å²) in [7, 11) is 0. The standard InChI is InChI=1S/C13H25NO4/c1-12(2,3)18-11(16)7-14-6-10(8-15)17-13(4,5)9-14/h10,15H,6-9H2,1-5H3. The molecule has 0 aliphatic carbocycles. The van der Waals surface area contributed by atoms with Crippen LogP contribution in [0.4, 0.5) is 0 Å². The first-order chi connectivity index (χ1) is 8.11. The maximum absolute atomic E-state index is 11.8. The van der Waals surface area contributed by atoms with E-state index in [2.05, 4.69) is 0 Å². The van der Waals surface area contributed by atoms with Crippen LogP contribution in [0, 0.1) is 0 Å². The van der Waals surface area contributed by atoms with Crippen molar-refractivity contribution in [1.82, 2.24) is 4.90 Å². The van der Waals surface area contributed by atoms with Gasteiger partial charge in [0.2, 0.25) is 0 Å². The lowest BCUT2D eigenvalue weighted by Crippen LogP contribution is -2.55. The van der Waals surface area contributed by atoms with Crippen LogP contribution in [0.3, 0.4) is 0 Å². The molecule has 18 heavy (non-hydrogen) atoms. The highest BCUT2D eigenvalue weighted by Crippen LogP contribution is 2.21. The molecule has 1 saturated heterocycles. The lowest BCUT2D eigenvalue weighted by molar-refractivity contribution is -0.169. The van der Waals surface area contributed by atoms with Gasteiger partial charge >= 0.3 is 5.97 Å². The van der Waals surface area contributed by atoms with Crippen molar-refractivity contribution in [2.75, 3.05) is 26.2 Å². The molecule has 1 heterocycles. The summed E-state index contributed by atoms with van der Waals surface area (Å²) in [5.74, 6) is -0.239. The van der Waals surface area contributed by atoms with Gasteiger partial charge in [-0.25, -0.2) is 0 Å². The third-order valence-electron chi connectivity index (χ3n) is 2.53. The third-order valence-corrected chi connectivity index (χ3v) is 2.53. The van der Waals surface area contributed by atoms with Gasteiger partial charge < -0.3 is 14.6 Å². The molecule has 1 aliphatic rings. The smallest absolute Gasteiger partial charge is 0.320 e. The van der Waals surface area contributed by atoms with E-state index >= 15 is 0 Å². The first kappa shape index (κ1) is 15.4. The van der Waals surface area contributed by atoms with Gasteiger partial charge in [-0.1, -0.05) is 0 Å². The highest BCUT2D eigenvalue weighted by Gasteiger charge is 2.34. The predicted molar refractivity (Wildman–Crippen MR) is 68.3 cm³/mol. The summed E-state index contributed by atoms with van der Waals surface area (Å²) in [6, 6.07) is 0. The summed E-state index contributed by atoms with van der Waals surface area (Å²) in [6.07, 6.45) is -0.240. The lowest BCUT2D eigenvalue weighted by atomic mass is 10.1. The highest BCUT2D eigenvalue weighted by molar-refractivity contribution is 5.72. The Bertz CT molecular complexity index is 296. The van der Waals surface area contributed by atoms with Crippen LogP contribution in [-0.2, 0) is 14.3 Å². The molecule has 0 bridgehead atoms. The highest BCUT2D eigenvalue weighted by atomic mass is 16.6. The number of aliphatic hydroxyl groups excluding tert-OH is 1. The minimum absolute atomic E-state index is 0.0335. The van der Waals surface area contributed by atoms with Crippen LogP contribution in [0.15, 0.2) is 0 Å². The van der Waals surface area contributed by atoms with Crippen molar-refractivity contribution >= 4 is 5.97 Å². The van der Waals surface area contributed by atoms with Crippen LogP contribution in [0.5, 0.6) is 0 Å². The summed E-state index contributed by atoms with van der Waals surface area (Å²) in [5, 5.41) is 9.19. The molecule has 5 heteroatoms. The molecule has 106 valence electrons. The van der Waals surface area contributed by atoms with Crippen LogP contribution in [-0.4, -0.2) is 59.5 Å². The Morgan fingerprint density at radius 3 is 2.61 bits per heavy atom. The van der Waals surface area contributed by atoms with Gasteiger partial charge in [-0.2, -0.15) is 0 Å². The van der Waals surface area contributed by atoms with E-state index in [1.165, 1.54) is 0 Å². The summed E-state index contributed by atoms with van der Waals surface area (Å²) < 4.78 is 11.0. The Labute approximate surface area is 109 Å². The number of carbonyl (C=O) groups excluding carboxylic acids is 1. The Balaban J connectivity index is 2.53. The van der Waals surface area contributed by atoms with E-state index in [4.69, 9.17) is 9.47 Å². The molecule has 1 fully saturated rings. The zero-order valence-electron chi connectivity index (χ0n) is 12.0. The average molecular weight is 259 g/mol. The fraction of sp³-hybridized carbons (Fsp3) is 0.923. The number of nitrogens with zero attached hydrogens (tertiary/aromatic N) is 1. The van der Waals surface area contributed by atoms with Crippen LogP contribution in [0.25, 0.3) is 0 Å². The van der Waals surface area contributed by atoms with Gasteiger partial charge in [-0.15, -0.1) is 0 Å². The number of morpholine rings is 1. The Morgan fingerprint density at radius 1 is 1.50 bits per heavy atom. The lowest BCUT2D eigenvalue weighted by Gasteiger charge is -2.42. The third kappa shape index (κ3) is 5.33. The van der Waals surface area contributed by atoms with Gasteiger partial charge in [-0.05, 0) is 34.6 Å². The zero-order valence-corrected chi connectivity index (χ0v) is 12.0. The maximum Gasteiger partial charge on any atom is 0.320 e. The van der Waals surface area contributed by atoms with Crippen molar-refractivity contribution in [3.63, 3.8) is 0 Å². The van der Waals surface area contributed by atoms with E-state index in [0.29, 0.717) is 13.1 Å². The van der Waals surface area contributed by atoms with E-state index in [1.54, 1.807) is 0 Å². The molecular formula is C13H25NO4. The van der Waals surface area contributed by atoms with Gasteiger partial charge in [0.1, 0.15) is 5.60 Å². The van der Waals surface area contributed by atoms with E-state index in [1.807, 2.05) is 39.5 Å². The minimum atomic E-state index is -0.463. The zero-order chi connectivity index (χ0) is 14.0. The average Bonchev–Trinajstić information content (AvgIpc) is 2.11. The number of hydrogen-bond donors (Lipinski definition) is 1. The van der Waals surface area contributed by atoms with Gasteiger partial charge in [0.05, 0.1) is 24.9 Å². The second-order valence-electron chi connectivity index (χ2n) is 6.44. The quantitative estimate of drug-likeness (QED) is 0.760. The number of esters is 1. The molecule has 0 saturated carbocycles. The summed E-state index contributed by atoms with van der Waals surface area (Å²) in [5.41, 5.74) is -0.817. The maximum atomic E-state index is 11.8. The normalized spacial score (nSPS) is 24.9.